The largest absolute Gasteiger partial charge is 0.485 e. The van der Waals surface area contributed by atoms with Gasteiger partial charge in [0.25, 0.3) is 0 Å². The Balaban J connectivity index is 2.13. The van der Waals surface area contributed by atoms with Crippen molar-refractivity contribution in [1.82, 2.24) is 0 Å². The summed E-state index contributed by atoms with van der Waals surface area (Å²) in [6.45, 7) is 0.226. The van der Waals surface area contributed by atoms with Crippen LogP contribution in [0.1, 0.15) is 5.56 Å². The van der Waals surface area contributed by atoms with E-state index >= 15 is 0 Å². The number of halogens is 2. The van der Waals surface area contributed by atoms with Crippen molar-refractivity contribution in [2.75, 3.05) is 5.43 Å². The average Bonchev–Trinajstić information content (AvgIpc) is 2.55. The third-order valence-electron chi connectivity index (χ3n) is 2.88. The van der Waals surface area contributed by atoms with Crippen LogP contribution in [-0.2, 0) is 6.61 Å². The average molecular weight is 390 g/mol. The smallest absolute Gasteiger partial charge is 0.201 e. The lowest BCUT2D eigenvalue weighted by Crippen LogP contribution is -2.21. The van der Waals surface area contributed by atoms with Crippen molar-refractivity contribution in [3.05, 3.63) is 58.3 Å². The Morgan fingerprint density at radius 2 is 2.08 bits per heavy atom. The predicted octanol–water partition coefficient (Wildman–Crippen LogP) is 3.39. The first-order valence-electron chi connectivity index (χ1n) is 6.75. The summed E-state index contributed by atoms with van der Waals surface area (Å²) < 4.78 is 20.1. The van der Waals surface area contributed by atoms with Gasteiger partial charge in [0.2, 0.25) is 5.71 Å². The molecule has 0 aliphatic rings. The molecule has 122 valence electrons. The van der Waals surface area contributed by atoms with E-state index in [0.717, 1.165) is 5.56 Å². The molecule has 8 heteroatoms. The van der Waals surface area contributed by atoms with E-state index in [4.69, 9.17) is 21.1 Å². The van der Waals surface area contributed by atoms with E-state index in [1.807, 2.05) is 30.3 Å². The van der Waals surface area contributed by atoms with Gasteiger partial charge in [-0.25, -0.2) is 4.39 Å². The molecule has 0 saturated carbocycles. The SMILES string of the molecule is N#C/C(=N\Nc1cc(F)c(OCc2ccccc2)c(Br)c1)C(=N)N. The zero-order valence-electron chi connectivity index (χ0n) is 12.4. The predicted molar refractivity (Wildman–Crippen MR) is 93.5 cm³/mol. The van der Waals surface area contributed by atoms with Gasteiger partial charge in [-0.1, -0.05) is 30.3 Å². The molecule has 0 aromatic heterocycles. The van der Waals surface area contributed by atoms with E-state index in [0.29, 0.717) is 4.47 Å². The van der Waals surface area contributed by atoms with E-state index in [1.54, 1.807) is 12.1 Å². The first kappa shape index (κ1) is 17.4. The van der Waals surface area contributed by atoms with E-state index < -0.39 is 11.7 Å². The molecule has 0 unspecified atom stereocenters. The zero-order chi connectivity index (χ0) is 17.5. The molecule has 24 heavy (non-hydrogen) atoms. The number of nitriles is 1. The first-order chi connectivity index (χ1) is 11.5. The lowest BCUT2D eigenvalue weighted by atomic mass is 10.2. The van der Waals surface area contributed by atoms with Gasteiger partial charge in [0.05, 0.1) is 10.2 Å². The van der Waals surface area contributed by atoms with Gasteiger partial charge < -0.3 is 10.5 Å². The van der Waals surface area contributed by atoms with E-state index in [9.17, 15) is 4.39 Å². The normalized spacial score (nSPS) is 10.8. The van der Waals surface area contributed by atoms with Crippen LogP contribution in [0.15, 0.2) is 52.0 Å². The van der Waals surface area contributed by atoms with Crippen LogP contribution in [0.5, 0.6) is 5.75 Å². The monoisotopic (exact) mass is 389 g/mol. The van der Waals surface area contributed by atoms with Gasteiger partial charge >= 0.3 is 0 Å². The molecule has 4 N–H and O–H groups in total. The minimum Gasteiger partial charge on any atom is -0.485 e. The fraction of sp³-hybridized carbons (Fsp3) is 0.0625. The second-order valence-electron chi connectivity index (χ2n) is 4.64. The third kappa shape index (κ3) is 4.54. The highest BCUT2D eigenvalue weighted by Gasteiger charge is 2.11. The maximum absolute atomic E-state index is 14.2. The molecular weight excluding hydrogens is 377 g/mol. The number of nitrogens with one attached hydrogen (secondary N) is 2. The van der Waals surface area contributed by atoms with E-state index in [2.05, 4.69) is 26.5 Å². The molecule has 0 aliphatic heterocycles. The van der Waals surface area contributed by atoms with Crippen LogP contribution in [0.3, 0.4) is 0 Å². The van der Waals surface area contributed by atoms with Crippen LogP contribution in [0.4, 0.5) is 10.1 Å². The van der Waals surface area contributed by atoms with Crippen molar-refractivity contribution in [3.63, 3.8) is 0 Å². The van der Waals surface area contributed by atoms with Crippen molar-refractivity contribution < 1.29 is 9.13 Å². The van der Waals surface area contributed by atoms with Crippen molar-refractivity contribution in [3.8, 4) is 11.8 Å². The van der Waals surface area contributed by atoms with Crippen LogP contribution in [0.25, 0.3) is 0 Å². The molecule has 2 aromatic rings. The summed E-state index contributed by atoms with van der Waals surface area (Å²) in [5.41, 5.74) is 8.55. The maximum atomic E-state index is 14.2. The summed E-state index contributed by atoms with van der Waals surface area (Å²) in [6.07, 6.45) is 0. The number of hydrogen-bond acceptors (Lipinski definition) is 5. The minimum atomic E-state index is -0.598. The highest BCUT2D eigenvalue weighted by atomic mass is 79.9. The number of amidine groups is 1. The zero-order valence-corrected chi connectivity index (χ0v) is 14.0. The Bertz CT molecular complexity index is 794. The van der Waals surface area contributed by atoms with Crippen LogP contribution in [0, 0.1) is 22.6 Å². The van der Waals surface area contributed by atoms with Gasteiger partial charge in [-0.05, 0) is 27.6 Å². The number of hydrogen-bond donors (Lipinski definition) is 3. The molecule has 2 rings (SSSR count). The van der Waals surface area contributed by atoms with Crippen molar-refractivity contribution in [2.45, 2.75) is 6.61 Å². The highest BCUT2D eigenvalue weighted by Crippen LogP contribution is 2.32. The fourth-order valence-electron chi connectivity index (χ4n) is 1.76. The molecule has 6 nitrogen and oxygen atoms in total. The van der Waals surface area contributed by atoms with Crippen LogP contribution < -0.4 is 15.9 Å². The molecule has 0 bridgehead atoms. The highest BCUT2D eigenvalue weighted by molar-refractivity contribution is 9.10. The van der Waals surface area contributed by atoms with Crippen molar-refractivity contribution >= 4 is 33.2 Å². The summed E-state index contributed by atoms with van der Waals surface area (Å²) in [5, 5.41) is 19.6. The Morgan fingerprint density at radius 3 is 2.67 bits per heavy atom. The summed E-state index contributed by atoms with van der Waals surface area (Å²) in [4.78, 5) is 0. The molecule has 0 fully saturated rings. The van der Waals surface area contributed by atoms with Gasteiger partial charge in [-0.15, -0.1) is 0 Å². The van der Waals surface area contributed by atoms with Gasteiger partial charge in [0, 0.05) is 6.07 Å². The Kier molecular flexibility index (Phi) is 5.87. The number of ether oxygens (including phenoxy) is 1. The molecule has 0 aliphatic carbocycles. The molecule has 0 heterocycles. The topological polar surface area (TPSA) is 107 Å². The van der Waals surface area contributed by atoms with Gasteiger partial charge in [0.15, 0.2) is 17.4 Å². The number of rotatable bonds is 6. The van der Waals surface area contributed by atoms with Gasteiger partial charge in [-0.3, -0.25) is 10.8 Å². The molecule has 0 amide bonds. The number of hydrazone groups is 1. The van der Waals surface area contributed by atoms with E-state index in [1.165, 1.54) is 6.07 Å². The molecule has 0 saturated heterocycles. The number of nitrogens with zero attached hydrogens (tertiary/aromatic N) is 2. The van der Waals surface area contributed by atoms with Gasteiger partial charge in [-0.2, -0.15) is 10.4 Å². The minimum absolute atomic E-state index is 0.0699. The van der Waals surface area contributed by atoms with Crippen LogP contribution in [0.2, 0.25) is 0 Å². The quantitative estimate of drug-likeness (QED) is 0.399. The van der Waals surface area contributed by atoms with Gasteiger partial charge in [0.1, 0.15) is 12.7 Å². The molecular formula is C16H13BrFN5O. The van der Waals surface area contributed by atoms with Crippen LogP contribution in [-0.4, -0.2) is 11.5 Å². The number of benzene rings is 2. The molecule has 0 spiro atoms. The first-order valence-corrected chi connectivity index (χ1v) is 7.54. The third-order valence-corrected chi connectivity index (χ3v) is 3.47. The standard InChI is InChI=1S/C16H13BrFN5O/c17-12-6-11(22-23-14(8-19)16(20)21)7-13(18)15(12)24-9-10-4-2-1-3-5-10/h1-7,22H,9H2,(H3,20,21)/b23-14+. The summed E-state index contributed by atoms with van der Waals surface area (Å²) >= 11 is 3.24. The number of anilines is 1. The van der Waals surface area contributed by atoms with Crippen molar-refractivity contribution in [2.24, 2.45) is 10.8 Å². The molecule has 0 atom stereocenters. The summed E-state index contributed by atoms with van der Waals surface area (Å²) in [7, 11) is 0. The Labute approximate surface area is 146 Å². The summed E-state index contributed by atoms with van der Waals surface area (Å²) in [5.74, 6) is -1.01. The van der Waals surface area contributed by atoms with E-state index in [-0.39, 0.29) is 23.8 Å². The maximum Gasteiger partial charge on any atom is 0.201 e. The lowest BCUT2D eigenvalue weighted by Gasteiger charge is -2.11. The molecule has 0 radical (unpaired) electrons. The number of nitrogens with two attached hydrogens (primary N) is 1. The fourth-order valence-corrected chi connectivity index (χ4v) is 2.31. The van der Waals surface area contributed by atoms with Crippen molar-refractivity contribution in [1.29, 1.82) is 10.7 Å². The second-order valence-corrected chi connectivity index (χ2v) is 5.50. The Morgan fingerprint density at radius 1 is 1.38 bits per heavy atom. The van der Waals surface area contributed by atoms with Crippen LogP contribution >= 0.6 is 15.9 Å². The molecule has 2 aromatic carbocycles. The summed E-state index contributed by atoms with van der Waals surface area (Å²) in [6, 6.07) is 13.8. The second kappa shape index (κ2) is 8.08. The lowest BCUT2D eigenvalue weighted by molar-refractivity contribution is 0.288. The Hall–Kier alpha value is -2.92.